The van der Waals surface area contributed by atoms with Crippen molar-refractivity contribution in [3.63, 3.8) is 0 Å². The summed E-state index contributed by atoms with van der Waals surface area (Å²) >= 11 is 6.07. The third-order valence-electron chi connectivity index (χ3n) is 4.08. The summed E-state index contributed by atoms with van der Waals surface area (Å²) in [6, 6.07) is 3.57. The van der Waals surface area contributed by atoms with Gasteiger partial charge in [0, 0.05) is 36.6 Å². The summed E-state index contributed by atoms with van der Waals surface area (Å²) in [5, 5.41) is 8.35. The molecule has 1 N–H and O–H groups in total. The van der Waals surface area contributed by atoms with E-state index in [2.05, 4.69) is 36.2 Å². The summed E-state index contributed by atoms with van der Waals surface area (Å²) in [4.78, 5) is 4.16. The number of ether oxygens (including phenoxy) is 1. The van der Waals surface area contributed by atoms with Crippen molar-refractivity contribution in [3.05, 3.63) is 40.8 Å². The van der Waals surface area contributed by atoms with Gasteiger partial charge in [-0.2, -0.15) is 5.10 Å². The first-order chi connectivity index (χ1) is 10.4. The average molecular weight is 323 g/mol. The van der Waals surface area contributed by atoms with Crippen molar-refractivity contribution < 1.29 is 4.74 Å². The maximum Gasteiger partial charge on any atom is 0.232 e. The summed E-state index contributed by atoms with van der Waals surface area (Å²) in [6.45, 7) is 7.59. The quantitative estimate of drug-likeness (QED) is 0.851. The van der Waals surface area contributed by atoms with Crippen molar-refractivity contribution in [2.75, 3.05) is 6.61 Å². The highest BCUT2D eigenvalue weighted by Crippen LogP contribution is 2.22. The molecule has 0 saturated carbocycles. The highest BCUT2D eigenvalue weighted by molar-refractivity contribution is 6.31. The summed E-state index contributed by atoms with van der Waals surface area (Å²) in [6.07, 6.45) is 4.50. The lowest BCUT2D eigenvalue weighted by Crippen LogP contribution is -2.46. The minimum atomic E-state index is -0.164. The second-order valence-corrected chi connectivity index (χ2v) is 6.13. The van der Waals surface area contributed by atoms with Crippen LogP contribution in [-0.4, -0.2) is 26.9 Å². The Hall–Kier alpha value is -1.59. The first-order valence-electron chi connectivity index (χ1n) is 7.41. The maximum absolute atomic E-state index is 6.07. The van der Waals surface area contributed by atoms with Gasteiger partial charge in [0.15, 0.2) is 0 Å². The van der Waals surface area contributed by atoms with Crippen LogP contribution in [0.3, 0.4) is 0 Å². The predicted molar refractivity (Wildman–Crippen MR) is 88.2 cm³/mol. The van der Waals surface area contributed by atoms with Crippen LogP contribution in [0.1, 0.15) is 31.5 Å². The Kier molecular flexibility index (Phi) is 5.42. The SMILES string of the molecule is CC[C@](C)(COc1ncccc1Cl)NCc1cnn(C)c1C. The van der Waals surface area contributed by atoms with Gasteiger partial charge in [-0.05, 0) is 32.4 Å². The fourth-order valence-corrected chi connectivity index (χ4v) is 2.19. The molecule has 120 valence electrons. The number of aromatic nitrogens is 3. The molecule has 5 nitrogen and oxygen atoms in total. The van der Waals surface area contributed by atoms with Crippen LogP contribution in [0, 0.1) is 6.92 Å². The topological polar surface area (TPSA) is 52.0 Å². The standard InChI is InChI=1S/C16H23ClN4O/c1-5-16(3,11-22-15-14(17)7-6-8-18-15)19-9-13-10-20-21(4)12(13)2/h6-8,10,19H,5,9,11H2,1-4H3/t16-/m1/s1. The van der Waals surface area contributed by atoms with Crippen molar-refractivity contribution in [1.82, 2.24) is 20.1 Å². The van der Waals surface area contributed by atoms with E-state index in [4.69, 9.17) is 16.3 Å². The first kappa shape index (κ1) is 16.8. The largest absolute Gasteiger partial charge is 0.475 e. The molecule has 0 spiro atoms. The normalized spacial score (nSPS) is 13.9. The van der Waals surface area contributed by atoms with Crippen LogP contribution >= 0.6 is 11.6 Å². The minimum absolute atomic E-state index is 0.164. The molecule has 22 heavy (non-hydrogen) atoms. The molecular weight excluding hydrogens is 300 g/mol. The van der Waals surface area contributed by atoms with Gasteiger partial charge in [0.1, 0.15) is 11.6 Å². The zero-order valence-electron chi connectivity index (χ0n) is 13.6. The Morgan fingerprint density at radius 2 is 2.23 bits per heavy atom. The number of rotatable bonds is 7. The molecule has 2 aromatic rings. The molecule has 0 aliphatic rings. The van der Waals surface area contributed by atoms with Crippen molar-refractivity contribution in [1.29, 1.82) is 0 Å². The van der Waals surface area contributed by atoms with Crippen LogP contribution in [0.25, 0.3) is 0 Å². The van der Waals surface area contributed by atoms with Crippen LogP contribution in [-0.2, 0) is 13.6 Å². The lowest BCUT2D eigenvalue weighted by molar-refractivity contribution is 0.182. The van der Waals surface area contributed by atoms with E-state index in [1.165, 1.54) is 11.3 Å². The second-order valence-electron chi connectivity index (χ2n) is 5.73. The van der Waals surface area contributed by atoms with Crippen molar-refractivity contribution in [3.8, 4) is 5.88 Å². The zero-order valence-corrected chi connectivity index (χ0v) is 14.3. The monoisotopic (exact) mass is 322 g/mol. The first-order valence-corrected chi connectivity index (χ1v) is 7.79. The molecule has 0 bridgehead atoms. The predicted octanol–water partition coefficient (Wildman–Crippen LogP) is 3.11. The van der Waals surface area contributed by atoms with E-state index in [9.17, 15) is 0 Å². The van der Waals surface area contributed by atoms with E-state index in [1.54, 1.807) is 18.3 Å². The van der Waals surface area contributed by atoms with Crippen LogP contribution in [0.5, 0.6) is 5.88 Å². The van der Waals surface area contributed by atoms with Gasteiger partial charge in [-0.1, -0.05) is 18.5 Å². The van der Waals surface area contributed by atoms with Gasteiger partial charge < -0.3 is 10.1 Å². The fraction of sp³-hybridized carbons (Fsp3) is 0.500. The number of aryl methyl sites for hydroxylation is 1. The van der Waals surface area contributed by atoms with Gasteiger partial charge in [-0.3, -0.25) is 4.68 Å². The molecule has 0 aliphatic heterocycles. The zero-order chi connectivity index (χ0) is 16.2. The van der Waals surface area contributed by atoms with E-state index >= 15 is 0 Å². The van der Waals surface area contributed by atoms with Gasteiger partial charge >= 0.3 is 0 Å². The van der Waals surface area contributed by atoms with Crippen LogP contribution in [0.4, 0.5) is 0 Å². The molecule has 0 unspecified atom stereocenters. The van der Waals surface area contributed by atoms with E-state index < -0.39 is 0 Å². The van der Waals surface area contributed by atoms with E-state index in [-0.39, 0.29) is 5.54 Å². The second kappa shape index (κ2) is 7.11. The molecule has 1 atom stereocenters. The Balaban J connectivity index is 1.96. The smallest absolute Gasteiger partial charge is 0.232 e. The van der Waals surface area contributed by atoms with Gasteiger partial charge in [0.2, 0.25) is 5.88 Å². The van der Waals surface area contributed by atoms with E-state index in [0.717, 1.165) is 13.0 Å². The molecule has 6 heteroatoms. The number of hydrogen-bond donors (Lipinski definition) is 1. The molecule has 2 aromatic heterocycles. The van der Waals surface area contributed by atoms with E-state index in [1.807, 2.05) is 17.9 Å². The lowest BCUT2D eigenvalue weighted by atomic mass is 10.00. The Labute approximate surface area is 136 Å². The van der Waals surface area contributed by atoms with Gasteiger partial charge in [-0.15, -0.1) is 0 Å². The van der Waals surface area contributed by atoms with Gasteiger partial charge in [-0.25, -0.2) is 4.98 Å². The van der Waals surface area contributed by atoms with Crippen molar-refractivity contribution >= 4 is 11.6 Å². The molecule has 0 radical (unpaired) electrons. The molecule has 0 amide bonds. The van der Waals surface area contributed by atoms with Crippen LogP contribution in [0.15, 0.2) is 24.5 Å². The average Bonchev–Trinajstić information content (AvgIpc) is 2.84. The number of hydrogen-bond acceptors (Lipinski definition) is 4. The molecule has 0 fully saturated rings. The number of nitrogens with zero attached hydrogens (tertiary/aromatic N) is 3. The summed E-state index contributed by atoms with van der Waals surface area (Å²) in [5.74, 6) is 0.475. The Morgan fingerprint density at radius 1 is 1.45 bits per heavy atom. The fourth-order valence-electron chi connectivity index (χ4n) is 2.01. The number of nitrogens with one attached hydrogen (secondary N) is 1. The Morgan fingerprint density at radius 3 is 2.82 bits per heavy atom. The third-order valence-corrected chi connectivity index (χ3v) is 4.36. The lowest BCUT2D eigenvalue weighted by Gasteiger charge is -2.29. The molecule has 0 saturated heterocycles. The molecule has 2 rings (SSSR count). The van der Waals surface area contributed by atoms with Crippen LogP contribution in [0.2, 0.25) is 5.02 Å². The molecule has 0 aliphatic carbocycles. The summed E-state index contributed by atoms with van der Waals surface area (Å²) in [5.41, 5.74) is 2.20. The molecule has 0 aromatic carbocycles. The third kappa shape index (κ3) is 3.99. The highest BCUT2D eigenvalue weighted by Gasteiger charge is 2.23. The molecular formula is C16H23ClN4O. The summed E-state index contributed by atoms with van der Waals surface area (Å²) < 4.78 is 7.67. The van der Waals surface area contributed by atoms with Crippen molar-refractivity contribution in [2.24, 2.45) is 7.05 Å². The number of pyridine rings is 1. The van der Waals surface area contributed by atoms with Gasteiger partial charge in [0.25, 0.3) is 0 Å². The number of halogens is 1. The molecule has 2 heterocycles. The van der Waals surface area contributed by atoms with Gasteiger partial charge in [0.05, 0.1) is 6.20 Å². The highest BCUT2D eigenvalue weighted by atomic mass is 35.5. The van der Waals surface area contributed by atoms with Crippen LogP contribution < -0.4 is 10.1 Å². The minimum Gasteiger partial charge on any atom is -0.475 e. The summed E-state index contributed by atoms with van der Waals surface area (Å²) in [7, 11) is 1.95. The van der Waals surface area contributed by atoms with Crippen molar-refractivity contribution in [2.45, 2.75) is 39.3 Å². The Bertz CT molecular complexity index is 628. The van der Waals surface area contributed by atoms with E-state index in [0.29, 0.717) is 17.5 Å². The maximum atomic E-state index is 6.07.